The predicted molar refractivity (Wildman–Crippen MR) is 79.6 cm³/mol. The van der Waals surface area contributed by atoms with Crippen LogP contribution in [0.4, 0.5) is 0 Å². The van der Waals surface area contributed by atoms with E-state index in [-0.39, 0.29) is 11.3 Å². The lowest BCUT2D eigenvalue weighted by Crippen LogP contribution is -2.56. The molecule has 0 heterocycles. The van der Waals surface area contributed by atoms with E-state index >= 15 is 0 Å². The number of carbonyl (C=O) groups excluding carboxylic acids is 1. The molecule has 0 aromatic rings. The van der Waals surface area contributed by atoms with Gasteiger partial charge in [-0.25, -0.2) is 4.79 Å². The average molecular weight is 291 g/mol. The van der Waals surface area contributed by atoms with Crippen molar-refractivity contribution in [1.29, 1.82) is 0 Å². The standard InChI is InChI=1S/C17H25NO3/c1-10(2)3-14(15(19)20)18-16(21)17-7-11-4-12(8-17)6-13(5-11)9-17/h11-14H,1,3-9H2,2H3,(H,18,21)(H,19,20)/t11?,12?,13?,14-,17?/m0/s1. The molecule has 0 aromatic heterocycles. The molecule has 2 N–H and O–H groups in total. The summed E-state index contributed by atoms with van der Waals surface area (Å²) in [4.78, 5) is 24.1. The molecule has 1 atom stereocenters. The summed E-state index contributed by atoms with van der Waals surface area (Å²) < 4.78 is 0. The van der Waals surface area contributed by atoms with Gasteiger partial charge in [0, 0.05) is 5.41 Å². The van der Waals surface area contributed by atoms with E-state index in [1.54, 1.807) is 6.92 Å². The first-order chi connectivity index (χ1) is 9.88. The van der Waals surface area contributed by atoms with Crippen LogP contribution in [0.2, 0.25) is 0 Å². The Hall–Kier alpha value is -1.32. The second-order valence-corrected chi connectivity index (χ2v) is 7.72. The van der Waals surface area contributed by atoms with Gasteiger partial charge in [0.25, 0.3) is 0 Å². The molecule has 0 unspecified atom stereocenters. The molecule has 4 aliphatic rings. The number of nitrogens with one attached hydrogen (secondary N) is 1. The van der Waals surface area contributed by atoms with Gasteiger partial charge in [-0.3, -0.25) is 4.79 Å². The summed E-state index contributed by atoms with van der Waals surface area (Å²) in [7, 11) is 0. The zero-order chi connectivity index (χ0) is 15.2. The number of rotatable bonds is 5. The monoisotopic (exact) mass is 291 g/mol. The second-order valence-electron chi connectivity index (χ2n) is 7.72. The molecule has 4 aliphatic carbocycles. The molecule has 116 valence electrons. The zero-order valence-electron chi connectivity index (χ0n) is 12.7. The summed E-state index contributed by atoms with van der Waals surface area (Å²) in [6, 6.07) is -0.831. The molecule has 0 aromatic carbocycles. The van der Waals surface area contributed by atoms with E-state index < -0.39 is 12.0 Å². The van der Waals surface area contributed by atoms with Crippen molar-refractivity contribution >= 4 is 11.9 Å². The average Bonchev–Trinajstić information content (AvgIpc) is 2.35. The number of carboxylic acids is 1. The van der Waals surface area contributed by atoms with Gasteiger partial charge in [0.15, 0.2) is 0 Å². The maximum absolute atomic E-state index is 12.8. The van der Waals surface area contributed by atoms with E-state index in [9.17, 15) is 14.7 Å². The first-order valence-corrected chi connectivity index (χ1v) is 8.06. The summed E-state index contributed by atoms with van der Waals surface area (Å²) in [6.07, 6.45) is 7.04. The molecule has 0 spiro atoms. The fourth-order valence-corrected chi connectivity index (χ4v) is 5.25. The van der Waals surface area contributed by atoms with E-state index in [2.05, 4.69) is 11.9 Å². The molecule has 4 nitrogen and oxygen atoms in total. The molecule has 21 heavy (non-hydrogen) atoms. The molecule has 0 radical (unpaired) electrons. The smallest absolute Gasteiger partial charge is 0.326 e. The Morgan fingerprint density at radius 2 is 1.67 bits per heavy atom. The van der Waals surface area contributed by atoms with Crippen LogP contribution in [0, 0.1) is 23.2 Å². The third-order valence-electron chi connectivity index (χ3n) is 5.68. The van der Waals surface area contributed by atoms with Crippen LogP contribution in [0.1, 0.15) is 51.9 Å². The van der Waals surface area contributed by atoms with Gasteiger partial charge < -0.3 is 10.4 Å². The minimum absolute atomic E-state index is 0.0183. The molecule has 4 saturated carbocycles. The first-order valence-electron chi connectivity index (χ1n) is 8.06. The van der Waals surface area contributed by atoms with Gasteiger partial charge in [-0.1, -0.05) is 5.57 Å². The molecule has 4 rings (SSSR count). The molecule has 0 saturated heterocycles. The van der Waals surface area contributed by atoms with Crippen molar-refractivity contribution in [3.63, 3.8) is 0 Å². The van der Waals surface area contributed by atoms with Crippen molar-refractivity contribution in [3.8, 4) is 0 Å². The number of hydrogen-bond donors (Lipinski definition) is 2. The van der Waals surface area contributed by atoms with Gasteiger partial charge >= 0.3 is 5.97 Å². The number of aliphatic carboxylic acids is 1. The van der Waals surface area contributed by atoms with Crippen molar-refractivity contribution in [2.24, 2.45) is 23.2 Å². The van der Waals surface area contributed by atoms with Crippen molar-refractivity contribution in [3.05, 3.63) is 12.2 Å². The van der Waals surface area contributed by atoms with Crippen molar-refractivity contribution < 1.29 is 14.7 Å². The lowest BCUT2D eigenvalue weighted by molar-refractivity contribution is -0.151. The fourth-order valence-electron chi connectivity index (χ4n) is 5.25. The normalized spacial score (nSPS) is 38.0. The van der Waals surface area contributed by atoms with Crippen LogP contribution in [0.15, 0.2) is 12.2 Å². The highest BCUT2D eigenvalue weighted by Gasteiger charge is 2.54. The Bertz CT molecular complexity index is 447. The van der Waals surface area contributed by atoms with Crippen molar-refractivity contribution in [2.75, 3.05) is 0 Å². The molecule has 4 heteroatoms. The van der Waals surface area contributed by atoms with Gasteiger partial charge in [-0.2, -0.15) is 0 Å². The quantitative estimate of drug-likeness (QED) is 0.765. The van der Waals surface area contributed by atoms with E-state index in [0.29, 0.717) is 24.2 Å². The van der Waals surface area contributed by atoms with Gasteiger partial charge in [-0.05, 0) is 69.6 Å². The van der Waals surface area contributed by atoms with Gasteiger partial charge in [0.2, 0.25) is 5.91 Å². The molecule has 4 fully saturated rings. The highest BCUT2D eigenvalue weighted by molar-refractivity contribution is 5.88. The van der Waals surface area contributed by atoms with Crippen molar-refractivity contribution in [1.82, 2.24) is 5.32 Å². The van der Waals surface area contributed by atoms with Crippen LogP contribution in [-0.4, -0.2) is 23.0 Å². The Balaban J connectivity index is 1.72. The Morgan fingerprint density at radius 3 is 2.05 bits per heavy atom. The topological polar surface area (TPSA) is 66.4 Å². The van der Waals surface area contributed by atoms with Crippen LogP contribution in [0.3, 0.4) is 0 Å². The summed E-state index contributed by atoms with van der Waals surface area (Å²) in [5.74, 6) is 1.08. The molecule has 0 aliphatic heterocycles. The summed E-state index contributed by atoms with van der Waals surface area (Å²) in [6.45, 7) is 5.56. The first kappa shape index (κ1) is 14.6. The van der Waals surface area contributed by atoms with Crippen LogP contribution in [0.25, 0.3) is 0 Å². The van der Waals surface area contributed by atoms with Gasteiger partial charge in [0.1, 0.15) is 6.04 Å². The van der Waals surface area contributed by atoms with Crippen LogP contribution < -0.4 is 5.32 Å². The fraction of sp³-hybridized carbons (Fsp3) is 0.765. The van der Waals surface area contributed by atoms with Gasteiger partial charge in [0.05, 0.1) is 0 Å². The van der Waals surface area contributed by atoms with E-state index in [4.69, 9.17) is 0 Å². The Morgan fingerprint density at radius 1 is 1.19 bits per heavy atom. The minimum atomic E-state index is -0.962. The summed E-state index contributed by atoms with van der Waals surface area (Å²) in [5.41, 5.74) is 0.505. The number of hydrogen-bond acceptors (Lipinski definition) is 2. The van der Waals surface area contributed by atoms with E-state index in [1.165, 1.54) is 19.3 Å². The largest absolute Gasteiger partial charge is 0.480 e. The lowest BCUT2D eigenvalue weighted by atomic mass is 9.49. The lowest BCUT2D eigenvalue weighted by Gasteiger charge is -2.55. The predicted octanol–water partition coefficient (Wildman–Crippen LogP) is 2.74. The highest BCUT2D eigenvalue weighted by Crippen LogP contribution is 2.60. The highest BCUT2D eigenvalue weighted by atomic mass is 16.4. The zero-order valence-corrected chi connectivity index (χ0v) is 12.7. The van der Waals surface area contributed by atoms with E-state index in [0.717, 1.165) is 24.8 Å². The second kappa shape index (κ2) is 5.15. The minimum Gasteiger partial charge on any atom is -0.480 e. The number of carboxylic acid groups (broad SMARTS) is 1. The third kappa shape index (κ3) is 2.72. The molecule has 1 amide bonds. The van der Waals surface area contributed by atoms with Gasteiger partial charge in [-0.15, -0.1) is 6.58 Å². The van der Waals surface area contributed by atoms with Crippen LogP contribution >= 0.6 is 0 Å². The Labute approximate surface area is 126 Å². The summed E-state index contributed by atoms with van der Waals surface area (Å²) in [5, 5.41) is 12.1. The number of amides is 1. The molecular formula is C17H25NO3. The van der Waals surface area contributed by atoms with Crippen LogP contribution in [-0.2, 0) is 9.59 Å². The Kier molecular flexibility index (Phi) is 3.58. The third-order valence-corrected chi connectivity index (χ3v) is 5.68. The van der Waals surface area contributed by atoms with E-state index in [1.807, 2.05) is 0 Å². The summed E-state index contributed by atoms with van der Waals surface area (Å²) >= 11 is 0. The maximum Gasteiger partial charge on any atom is 0.326 e. The molecular weight excluding hydrogens is 266 g/mol. The van der Waals surface area contributed by atoms with Crippen LogP contribution in [0.5, 0.6) is 0 Å². The SMILES string of the molecule is C=C(C)C[C@H](NC(=O)C12CC3CC(CC(C3)C1)C2)C(=O)O. The maximum atomic E-state index is 12.8. The van der Waals surface area contributed by atoms with Crippen molar-refractivity contribution in [2.45, 2.75) is 57.9 Å². The number of carbonyl (C=O) groups is 2. The molecule has 4 bridgehead atoms.